The van der Waals surface area contributed by atoms with Crippen molar-refractivity contribution in [2.45, 2.75) is 40.3 Å². The van der Waals surface area contributed by atoms with Crippen LogP contribution in [0.1, 0.15) is 34.3 Å². The number of hydrogen-bond donors (Lipinski definition) is 0. The van der Waals surface area contributed by atoms with Gasteiger partial charge in [-0.15, -0.1) is 0 Å². The Morgan fingerprint density at radius 3 is 2.70 bits per heavy atom. The second-order valence-corrected chi connectivity index (χ2v) is 5.61. The third-order valence-corrected chi connectivity index (χ3v) is 4.21. The quantitative estimate of drug-likeness (QED) is 0.834. The minimum absolute atomic E-state index is 0.868. The summed E-state index contributed by atoms with van der Waals surface area (Å²) in [5.41, 5.74) is 4.83. The molecule has 2 aromatic rings. The molecule has 3 heterocycles. The molecule has 1 aliphatic rings. The van der Waals surface area contributed by atoms with Gasteiger partial charge in [-0.05, 0) is 20.8 Å². The van der Waals surface area contributed by atoms with Crippen LogP contribution in [0.3, 0.4) is 0 Å². The standard InChI is InChI=1S/C15H21N5/c1-10-11(2)19(4)15(17-10)9-20-6-5-14-13(8-20)7-16-12(3)18-14/h7H,5-6,8-9H2,1-4H3. The number of fused-ring (bicyclic) bond motifs is 1. The molecule has 0 aromatic carbocycles. The van der Waals surface area contributed by atoms with Crippen molar-refractivity contribution in [1.82, 2.24) is 24.4 Å². The fraction of sp³-hybridized carbons (Fsp3) is 0.533. The Kier molecular flexibility index (Phi) is 3.30. The molecule has 0 radical (unpaired) electrons. The molecular weight excluding hydrogens is 250 g/mol. The molecule has 0 bridgehead atoms. The largest absolute Gasteiger partial charge is 0.334 e. The van der Waals surface area contributed by atoms with E-state index in [-0.39, 0.29) is 0 Å². The highest BCUT2D eigenvalue weighted by molar-refractivity contribution is 5.21. The van der Waals surface area contributed by atoms with Gasteiger partial charge in [-0.1, -0.05) is 0 Å². The molecule has 0 saturated carbocycles. The summed E-state index contributed by atoms with van der Waals surface area (Å²) in [5.74, 6) is 2.00. The third kappa shape index (κ3) is 2.33. The van der Waals surface area contributed by atoms with Crippen LogP contribution >= 0.6 is 0 Å². The molecule has 0 aliphatic carbocycles. The van der Waals surface area contributed by atoms with E-state index in [1.54, 1.807) is 0 Å². The Labute approximate surface area is 119 Å². The predicted molar refractivity (Wildman–Crippen MR) is 77.3 cm³/mol. The highest BCUT2D eigenvalue weighted by atomic mass is 15.2. The zero-order valence-corrected chi connectivity index (χ0v) is 12.6. The fourth-order valence-electron chi connectivity index (χ4n) is 2.74. The van der Waals surface area contributed by atoms with Crippen molar-refractivity contribution in [2.24, 2.45) is 7.05 Å². The maximum atomic E-state index is 4.66. The lowest BCUT2D eigenvalue weighted by Gasteiger charge is -2.27. The van der Waals surface area contributed by atoms with Gasteiger partial charge in [0.05, 0.1) is 12.2 Å². The molecule has 5 nitrogen and oxygen atoms in total. The molecule has 0 atom stereocenters. The van der Waals surface area contributed by atoms with Gasteiger partial charge in [-0.3, -0.25) is 4.90 Å². The molecule has 3 rings (SSSR count). The van der Waals surface area contributed by atoms with Gasteiger partial charge < -0.3 is 4.57 Å². The minimum atomic E-state index is 0.868. The Morgan fingerprint density at radius 1 is 1.20 bits per heavy atom. The monoisotopic (exact) mass is 271 g/mol. The fourth-order valence-corrected chi connectivity index (χ4v) is 2.74. The normalized spacial score (nSPS) is 15.4. The molecule has 20 heavy (non-hydrogen) atoms. The average molecular weight is 271 g/mol. The number of rotatable bonds is 2. The first kappa shape index (κ1) is 13.2. The van der Waals surface area contributed by atoms with Crippen molar-refractivity contribution in [3.63, 3.8) is 0 Å². The Morgan fingerprint density at radius 2 is 2.00 bits per heavy atom. The van der Waals surface area contributed by atoms with Crippen molar-refractivity contribution in [3.05, 3.63) is 40.5 Å². The van der Waals surface area contributed by atoms with E-state index in [9.17, 15) is 0 Å². The van der Waals surface area contributed by atoms with Crippen LogP contribution in [0.15, 0.2) is 6.20 Å². The first-order valence-corrected chi connectivity index (χ1v) is 7.07. The lowest BCUT2D eigenvalue weighted by atomic mass is 10.1. The average Bonchev–Trinajstić information content (AvgIpc) is 2.66. The zero-order chi connectivity index (χ0) is 14.3. The van der Waals surface area contributed by atoms with Crippen LogP contribution in [0.25, 0.3) is 0 Å². The second-order valence-electron chi connectivity index (χ2n) is 5.61. The van der Waals surface area contributed by atoms with Gasteiger partial charge in [0.2, 0.25) is 0 Å². The summed E-state index contributed by atoms with van der Waals surface area (Å²) in [7, 11) is 2.09. The van der Waals surface area contributed by atoms with Gasteiger partial charge in [0.25, 0.3) is 0 Å². The van der Waals surface area contributed by atoms with Gasteiger partial charge in [-0.2, -0.15) is 0 Å². The summed E-state index contributed by atoms with van der Waals surface area (Å²) in [6, 6.07) is 0. The first-order valence-electron chi connectivity index (χ1n) is 7.07. The molecule has 0 N–H and O–H groups in total. The number of hydrogen-bond acceptors (Lipinski definition) is 4. The number of aromatic nitrogens is 4. The van der Waals surface area contributed by atoms with Crippen LogP contribution in [0.4, 0.5) is 0 Å². The van der Waals surface area contributed by atoms with Crippen molar-refractivity contribution in [3.8, 4) is 0 Å². The third-order valence-electron chi connectivity index (χ3n) is 4.21. The maximum Gasteiger partial charge on any atom is 0.125 e. The SMILES string of the molecule is Cc1ncc2c(n1)CCN(Cc1nc(C)c(C)n1C)C2. The summed E-state index contributed by atoms with van der Waals surface area (Å²) < 4.78 is 2.19. The molecule has 1 aliphatic heterocycles. The van der Waals surface area contributed by atoms with Gasteiger partial charge >= 0.3 is 0 Å². The Balaban J connectivity index is 1.77. The van der Waals surface area contributed by atoms with E-state index >= 15 is 0 Å². The van der Waals surface area contributed by atoms with E-state index < -0.39 is 0 Å². The zero-order valence-electron chi connectivity index (χ0n) is 12.6. The van der Waals surface area contributed by atoms with Crippen LogP contribution in [0.5, 0.6) is 0 Å². The molecule has 0 spiro atoms. The molecule has 0 fully saturated rings. The van der Waals surface area contributed by atoms with Gasteiger partial charge in [0, 0.05) is 49.7 Å². The molecule has 0 amide bonds. The molecule has 5 heteroatoms. The summed E-state index contributed by atoms with van der Waals surface area (Å²) >= 11 is 0. The predicted octanol–water partition coefficient (Wildman–Crippen LogP) is 1.69. The highest BCUT2D eigenvalue weighted by Crippen LogP contribution is 2.19. The van der Waals surface area contributed by atoms with Crippen molar-refractivity contribution in [1.29, 1.82) is 0 Å². The van der Waals surface area contributed by atoms with Gasteiger partial charge in [0.1, 0.15) is 11.6 Å². The van der Waals surface area contributed by atoms with Crippen LogP contribution in [-0.2, 0) is 26.6 Å². The van der Waals surface area contributed by atoms with E-state index in [1.165, 1.54) is 17.0 Å². The van der Waals surface area contributed by atoms with Crippen molar-refractivity contribution >= 4 is 0 Å². The van der Waals surface area contributed by atoms with Crippen molar-refractivity contribution < 1.29 is 0 Å². The van der Waals surface area contributed by atoms with Crippen LogP contribution in [0, 0.1) is 20.8 Å². The molecule has 0 saturated heterocycles. The Hall–Kier alpha value is -1.75. The number of aryl methyl sites for hydroxylation is 2. The molecular formula is C15H21N5. The summed E-state index contributed by atoms with van der Waals surface area (Å²) in [4.78, 5) is 15.9. The molecule has 2 aromatic heterocycles. The smallest absolute Gasteiger partial charge is 0.125 e. The molecule has 106 valence electrons. The lowest BCUT2D eigenvalue weighted by Crippen LogP contribution is -2.32. The van der Waals surface area contributed by atoms with E-state index in [0.29, 0.717) is 0 Å². The van der Waals surface area contributed by atoms with E-state index in [2.05, 4.69) is 45.3 Å². The van der Waals surface area contributed by atoms with E-state index in [1.807, 2.05) is 13.1 Å². The topological polar surface area (TPSA) is 46.8 Å². The van der Waals surface area contributed by atoms with Crippen LogP contribution in [-0.4, -0.2) is 31.0 Å². The van der Waals surface area contributed by atoms with E-state index in [4.69, 9.17) is 0 Å². The van der Waals surface area contributed by atoms with Gasteiger partial charge in [0.15, 0.2) is 0 Å². The minimum Gasteiger partial charge on any atom is -0.334 e. The van der Waals surface area contributed by atoms with Gasteiger partial charge in [-0.25, -0.2) is 15.0 Å². The second kappa shape index (κ2) is 4.98. The number of nitrogens with zero attached hydrogens (tertiary/aromatic N) is 5. The van der Waals surface area contributed by atoms with Crippen LogP contribution in [0.2, 0.25) is 0 Å². The highest BCUT2D eigenvalue weighted by Gasteiger charge is 2.20. The van der Waals surface area contributed by atoms with Crippen molar-refractivity contribution in [2.75, 3.05) is 6.54 Å². The first-order chi connectivity index (χ1) is 9.54. The van der Waals surface area contributed by atoms with Crippen LogP contribution < -0.4 is 0 Å². The van der Waals surface area contributed by atoms with E-state index in [0.717, 1.165) is 43.4 Å². The lowest BCUT2D eigenvalue weighted by molar-refractivity contribution is 0.234. The summed E-state index contributed by atoms with van der Waals surface area (Å²) in [6.45, 7) is 8.98. The molecule has 0 unspecified atom stereocenters. The Bertz CT molecular complexity index is 644. The maximum absolute atomic E-state index is 4.66. The number of imidazole rings is 1. The summed E-state index contributed by atoms with van der Waals surface area (Å²) in [5, 5.41) is 0. The summed E-state index contributed by atoms with van der Waals surface area (Å²) in [6.07, 6.45) is 2.97.